The van der Waals surface area contributed by atoms with Gasteiger partial charge in [-0.05, 0) is 29.8 Å². The molecule has 0 fully saturated rings. The van der Waals surface area contributed by atoms with Crippen LogP contribution in [0.25, 0.3) is 0 Å². The second kappa shape index (κ2) is 6.66. The molecule has 0 spiro atoms. The van der Waals surface area contributed by atoms with Gasteiger partial charge in [0.2, 0.25) is 0 Å². The van der Waals surface area contributed by atoms with Crippen molar-refractivity contribution < 1.29 is 14.3 Å². The molecule has 0 bridgehead atoms. The molecular formula is C19H20N2O3. The first-order valence-corrected chi connectivity index (χ1v) is 7.73. The summed E-state index contributed by atoms with van der Waals surface area (Å²) in [6.07, 6.45) is 1.55. The van der Waals surface area contributed by atoms with Gasteiger partial charge in [0.1, 0.15) is 11.5 Å². The van der Waals surface area contributed by atoms with Crippen LogP contribution in [-0.2, 0) is 11.2 Å². The number of methoxy groups -OCH3 is 1. The molecule has 2 aromatic carbocycles. The van der Waals surface area contributed by atoms with Gasteiger partial charge in [-0.2, -0.15) is 0 Å². The Hall–Kier alpha value is -2.95. The fourth-order valence-electron chi connectivity index (χ4n) is 2.80. The van der Waals surface area contributed by atoms with Crippen molar-refractivity contribution in [2.24, 2.45) is 0 Å². The molecule has 5 heteroatoms. The van der Waals surface area contributed by atoms with Gasteiger partial charge in [0.25, 0.3) is 5.91 Å². The highest BCUT2D eigenvalue weighted by atomic mass is 16.5. The third kappa shape index (κ3) is 3.06. The van der Waals surface area contributed by atoms with Crippen molar-refractivity contribution in [1.29, 1.82) is 0 Å². The number of rotatable bonds is 5. The third-order valence-electron chi connectivity index (χ3n) is 3.95. The molecule has 1 aliphatic rings. The Bertz CT molecular complexity index is 773. The molecule has 24 heavy (non-hydrogen) atoms. The molecule has 0 saturated carbocycles. The molecule has 1 heterocycles. The summed E-state index contributed by atoms with van der Waals surface area (Å²) in [5, 5.41) is 0. The maximum atomic E-state index is 12.8. The topological polar surface area (TPSA) is 64.8 Å². The number of nitrogens with two attached hydrogens (primary N) is 1. The molecule has 0 aliphatic carbocycles. The number of amides is 1. The van der Waals surface area contributed by atoms with Crippen molar-refractivity contribution in [2.75, 3.05) is 24.3 Å². The van der Waals surface area contributed by atoms with Gasteiger partial charge in [-0.15, -0.1) is 6.58 Å². The van der Waals surface area contributed by atoms with E-state index in [2.05, 4.69) is 6.58 Å². The standard InChI is InChI=1S/C19H20N2O3/c1-3-9-21-16-8-7-14(20)12-17(16)24-18(19(21)22)11-13-5-4-6-15(10-13)23-2/h3-8,10,12,18H,1,9,11,20H2,2H3. The van der Waals surface area contributed by atoms with Crippen LogP contribution in [0.2, 0.25) is 0 Å². The van der Waals surface area contributed by atoms with E-state index in [0.717, 1.165) is 17.0 Å². The molecule has 2 N–H and O–H groups in total. The van der Waals surface area contributed by atoms with E-state index in [9.17, 15) is 4.79 Å². The van der Waals surface area contributed by atoms with Crippen molar-refractivity contribution in [3.8, 4) is 11.5 Å². The summed E-state index contributed by atoms with van der Waals surface area (Å²) in [4.78, 5) is 14.5. The van der Waals surface area contributed by atoms with Crippen LogP contribution < -0.4 is 20.1 Å². The Balaban J connectivity index is 1.91. The van der Waals surface area contributed by atoms with Gasteiger partial charge in [0, 0.05) is 24.7 Å². The van der Waals surface area contributed by atoms with Gasteiger partial charge >= 0.3 is 0 Å². The second-order valence-corrected chi connectivity index (χ2v) is 5.63. The van der Waals surface area contributed by atoms with Crippen LogP contribution >= 0.6 is 0 Å². The SMILES string of the molecule is C=CCN1C(=O)C(Cc2cccc(OC)c2)Oc2cc(N)ccc21. The molecule has 0 radical (unpaired) electrons. The van der Waals surface area contributed by atoms with Crippen molar-refractivity contribution in [3.63, 3.8) is 0 Å². The number of nitrogens with zero attached hydrogens (tertiary/aromatic N) is 1. The summed E-state index contributed by atoms with van der Waals surface area (Å²) in [6, 6.07) is 12.9. The smallest absolute Gasteiger partial charge is 0.268 e. The van der Waals surface area contributed by atoms with E-state index in [1.54, 1.807) is 36.3 Å². The lowest BCUT2D eigenvalue weighted by Gasteiger charge is -2.34. The number of ether oxygens (including phenoxy) is 2. The molecule has 1 amide bonds. The van der Waals surface area contributed by atoms with E-state index in [1.165, 1.54) is 0 Å². The second-order valence-electron chi connectivity index (χ2n) is 5.63. The highest BCUT2D eigenvalue weighted by Gasteiger charge is 2.34. The fraction of sp³-hybridized carbons (Fsp3) is 0.211. The molecular weight excluding hydrogens is 304 g/mol. The van der Waals surface area contributed by atoms with Gasteiger partial charge in [0.05, 0.1) is 12.8 Å². The Kier molecular flexibility index (Phi) is 4.42. The molecule has 124 valence electrons. The first kappa shape index (κ1) is 15.9. The largest absolute Gasteiger partial charge is 0.497 e. The molecule has 1 unspecified atom stereocenters. The zero-order chi connectivity index (χ0) is 17.1. The van der Waals surface area contributed by atoms with Gasteiger partial charge in [-0.3, -0.25) is 4.79 Å². The van der Waals surface area contributed by atoms with Crippen LogP contribution in [0.4, 0.5) is 11.4 Å². The van der Waals surface area contributed by atoms with Crippen LogP contribution in [0.15, 0.2) is 55.1 Å². The number of hydrogen-bond acceptors (Lipinski definition) is 4. The van der Waals surface area contributed by atoms with E-state index in [0.29, 0.717) is 24.4 Å². The maximum absolute atomic E-state index is 12.8. The molecule has 1 aliphatic heterocycles. The maximum Gasteiger partial charge on any atom is 0.268 e. The number of anilines is 2. The predicted molar refractivity (Wildman–Crippen MR) is 94.5 cm³/mol. The third-order valence-corrected chi connectivity index (χ3v) is 3.95. The summed E-state index contributed by atoms with van der Waals surface area (Å²) in [6.45, 7) is 4.16. The average Bonchev–Trinajstić information content (AvgIpc) is 2.58. The molecule has 5 nitrogen and oxygen atoms in total. The van der Waals surface area contributed by atoms with Gasteiger partial charge in [-0.25, -0.2) is 0 Å². The minimum Gasteiger partial charge on any atom is -0.497 e. The van der Waals surface area contributed by atoms with Gasteiger partial charge in [-0.1, -0.05) is 18.2 Å². The molecule has 0 saturated heterocycles. The van der Waals surface area contributed by atoms with E-state index in [1.807, 2.05) is 24.3 Å². The summed E-state index contributed by atoms with van der Waals surface area (Å²) >= 11 is 0. The fourth-order valence-corrected chi connectivity index (χ4v) is 2.80. The number of hydrogen-bond donors (Lipinski definition) is 1. The van der Waals surface area contributed by atoms with E-state index in [-0.39, 0.29) is 5.91 Å². The Morgan fingerprint density at radius 2 is 2.17 bits per heavy atom. The minimum absolute atomic E-state index is 0.0880. The van der Waals surface area contributed by atoms with Crippen molar-refractivity contribution in [2.45, 2.75) is 12.5 Å². The monoisotopic (exact) mass is 324 g/mol. The average molecular weight is 324 g/mol. The van der Waals surface area contributed by atoms with Crippen LogP contribution in [0, 0.1) is 0 Å². The van der Waals surface area contributed by atoms with Gasteiger partial charge < -0.3 is 20.1 Å². The van der Waals surface area contributed by atoms with E-state index in [4.69, 9.17) is 15.2 Å². The lowest BCUT2D eigenvalue weighted by atomic mass is 10.0. The highest BCUT2D eigenvalue weighted by molar-refractivity contribution is 6.00. The molecule has 1 atom stereocenters. The Morgan fingerprint density at radius 3 is 2.92 bits per heavy atom. The lowest BCUT2D eigenvalue weighted by Crippen LogP contribution is -2.47. The van der Waals surface area contributed by atoms with Crippen molar-refractivity contribution >= 4 is 17.3 Å². The summed E-state index contributed by atoms with van der Waals surface area (Å²) in [5.74, 6) is 1.28. The summed E-state index contributed by atoms with van der Waals surface area (Å²) in [5.41, 5.74) is 8.14. The number of carbonyl (C=O) groups excluding carboxylic acids is 1. The quantitative estimate of drug-likeness (QED) is 0.678. The predicted octanol–water partition coefficient (Wildman–Crippen LogP) is 2.80. The van der Waals surface area contributed by atoms with Crippen LogP contribution in [0.3, 0.4) is 0 Å². The molecule has 0 aromatic heterocycles. The Morgan fingerprint density at radius 1 is 1.33 bits per heavy atom. The van der Waals surface area contributed by atoms with Crippen LogP contribution in [0.1, 0.15) is 5.56 Å². The number of fused-ring (bicyclic) bond motifs is 1. The zero-order valence-electron chi connectivity index (χ0n) is 13.6. The summed E-state index contributed by atoms with van der Waals surface area (Å²) < 4.78 is 11.2. The number of carbonyl (C=O) groups is 1. The summed E-state index contributed by atoms with van der Waals surface area (Å²) in [7, 11) is 1.62. The number of nitrogen functional groups attached to an aromatic ring is 1. The van der Waals surface area contributed by atoms with Gasteiger partial charge in [0.15, 0.2) is 6.10 Å². The number of benzene rings is 2. The Labute approximate surface area is 141 Å². The van der Waals surface area contributed by atoms with Crippen LogP contribution in [0.5, 0.6) is 11.5 Å². The van der Waals surface area contributed by atoms with E-state index < -0.39 is 6.10 Å². The molecule has 2 aromatic rings. The van der Waals surface area contributed by atoms with Crippen LogP contribution in [-0.4, -0.2) is 25.7 Å². The van der Waals surface area contributed by atoms with Crippen molar-refractivity contribution in [1.82, 2.24) is 0 Å². The lowest BCUT2D eigenvalue weighted by molar-refractivity contribution is -0.126. The first-order chi connectivity index (χ1) is 11.6. The minimum atomic E-state index is -0.605. The normalized spacial score (nSPS) is 16.3. The van der Waals surface area contributed by atoms with E-state index >= 15 is 0 Å². The zero-order valence-corrected chi connectivity index (χ0v) is 13.6. The molecule has 3 rings (SSSR count). The van der Waals surface area contributed by atoms with Crippen molar-refractivity contribution in [3.05, 3.63) is 60.7 Å². The highest BCUT2D eigenvalue weighted by Crippen LogP contribution is 2.36. The first-order valence-electron chi connectivity index (χ1n) is 7.73.